The predicted octanol–water partition coefficient (Wildman–Crippen LogP) is 2.34. The molecule has 2 aromatic rings. The molecule has 0 saturated carbocycles. The van der Waals surface area contributed by atoms with Crippen LogP contribution in [0.15, 0.2) is 16.6 Å². The second-order valence-corrected chi connectivity index (χ2v) is 4.20. The second kappa shape index (κ2) is 3.34. The molecule has 0 aliphatic heterocycles. The van der Waals surface area contributed by atoms with E-state index in [1.807, 2.05) is 19.1 Å². The molecule has 0 aliphatic carbocycles. The Hall–Kier alpha value is -1.36. The molecule has 78 valence electrons. The minimum absolute atomic E-state index is 0.103. The molecule has 1 aromatic heterocycles. The van der Waals surface area contributed by atoms with Crippen LogP contribution in [0.1, 0.15) is 16.1 Å². The molecule has 0 aliphatic rings. The minimum atomic E-state index is -0.998. The summed E-state index contributed by atoms with van der Waals surface area (Å²) in [5, 5.41) is 13.7. The van der Waals surface area contributed by atoms with Gasteiger partial charge < -0.3 is 5.11 Å². The van der Waals surface area contributed by atoms with E-state index in [1.54, 1.807) is 11.7 Å². The van der Waals surface area contributed by atoms with Gasteiger partial charge in [-0.15, -0.1) is 0 Å². The van der Waals surface area contributed by atoms with E-state index in [-0.39, 0.29) is 5.69 Å². The van der Waals surface area contributed by atoms with Crippen molar-refractivity contribution in [3.8, 4) is 0 Å². The van der Waals surface area contributed by atoms with Crippen molar-refractivity contribution in [2.45, 2.75) is 6.92 Å². The number of halogens is 1. The van der Waals surface area contributed by atoms with Crippen molar-refractivity contribution < 1.29 is 9.90 Å². The Morgan fingerprint density at radius 3 is 2.80 bits per heavy atom. The van der Waals surface area contributed by atoms with Crippen LogP contribution in [0, 0.1) is 6.92 Å². The highest BCUT2D eigenvalue weighted by Gasteiger charge is 2.17. The summed E-state index contributed by atoms with van der Waals surface area (Å²) in [5.41, 5.74) is 1.83. The van der Waals surface area contributed by atoms with Crippen LogP contribution < -0.4 is 0 Å². The number of aryl methyl sites for hydroxylation is 2. The number of aromatic carboxylic acids is 1. The number of aromatic nitrogens is 2. The number of fused-ring (bicyclic) bond motifs is 1. The number of benzene rings is 1. The van der Waals surface area contributed by atoms with Gasteiger partial charge in [-0.25, -0.2) is 4.79 Å². The largest absolute Gasteiger partial charge is 0.476 e. The van der Waals surface area contributed by atoms with Crippen LogP contribution in [0.5, 0.6) is 0 Å². The van der Waals surface area contributed by atoms with Gasteiger partial charge in [-0.05, 0) is 24.6 Å². The number of carbonyl (C=O) groups is 1. The fourth-order valence-corrected chi connectivity index (χ4v) is 1.97. The normalized spacial score (nSPS) is 10.9. The maximum Gasteiger partial charge on any atom is 0.357 e. The van der Waals surface area contributed by atoms with Gasteiger partial charge in [-0.3, -0.25) is 4.68 Å². The molecule has 2 rings (SSSR count). The van der Waals surface area contributed by atoms with Crippen LogP contribution in [0.3, 0.4) is 0 Å². The molecule has 0 spiro atoms. The highest BCUT2D eigenvalue weighted by molar-refractivity contribution is 9.10. The molecule has 0 amide bonds. The molecule has 0 fully saturated rings. The lowest BCUT2D eigenvalue weighted by Crippen LogP contribution is -1.99. The van der Waals surface area contributed by atoms with E-state index in [4.69, 9.17) is 5.11 Å². The topological polar surface area (TPSA) is 55.1 Å². The third kappa shape index (κ3) is 1.43. The summed E-state index contributed by atoms with van der Waals surface area (Å²) in [6, 6.07) is 3.75. The summed E-state index contributed by atoms with van der Waals surface area (Å²) in [5.74, 6) is -0.998. The first-order chi connectivity index (χ1) is 7.02. The van der Waals surface area contributed by atoms with Crippen LogP contribution in [-0.2, 0) is 7.05 Å². The minimum Gasteiger partial charge on any atom is -0.476 e. The van der Waals surface area contributed by atoms with Crippen LogP contribution >= 0.6 is 15.9 Å². The van der Waals surface area contributed by atoms with Gasteiger partial charge >= 0.3 is 5.97 Å². The predicted molar refractivity (Wildman–Crippen MR) is 60.1 cm³/mol. The maximum atomic E-state index is 11.0. The van der Waals surface area contributed by atoms with Crippen molar-refractivity contribution in [2.75, 3.05) is 0 Å². The first-order valence-electron chi connectivity index (χ1n) is 4.37. The van der Waals surface area contributed by atoms with E-state index >= 15 is 0 Å². The lowest BCUT2D eigenvalue weighted by molar-refractivity contribution is 0.0691. The summed E-state index contributed by atoms with van der Waals surface area (Å²) in [4.78, 5) is 11.0. The zero-order chi connectivity index (χ0) is 11.2. The molecule has 15 heavy (non-hydrogen) atoms. The van der Waals surface area contributed by atoms with Gasteiger partial charge in [0.25, 0.3) is 0 Å². The molecule has 5 heteroatoms. The Labute approximate surface area is 94.6 Å². The van der Waals surface area contributed by atoms with Crippen LogP contribution in [0.4, 0.5) is 0 Å². The molecule has 1 heterocycles. The van der Waals surface area contributed by atoms with E-state index in [0.717, 1.165) is 15.6 Å². The molecule has 4 nitrogen and oxygen atoms in total. The van der Waals surface area contributed by atoms with Crippen molar-refractivity contribution in [1.82, 2.24) is 9.78 Å². The number of carboxylic acid groups (broad SMARTS) is 1. The van der Waals surface area contributed by atoms with Crippen molar-refractivity contribution in [1.29, 1.82) is 0 Å². The number of carboxylic acids is 1. The standard InChI is InChI=1S/C10H9BrN2O2/c1-5-6(11)3-4-7-8(5)9(10(14)15)12-13(7)2/h3-4H,1-2H3,(H,14,15). The molecule has 0 radical (unpaired) electrons. The van der Waals surface area contributed by atoms with E-state index in [0.29, 0.717) is 5.39 Å². The Morgan fingerprint density at radius 2 is 2.20 bits per heavy atom. The first kappa shape index (κ1) is 10.2. The zero-order valence-corrected chi connectivity index (χ0v) is 9.87. The van der Waals surface area contributed by atoms with Gasteiger partial charge in [-0.2, -0.15) is 5.10 Å². The second-order valence-electron chi connectivity index (χ2n) is 3.34. The summed E-state index contributed by atoms with van der Waals surface area (Å²) < 4.78 is 2.48. The summed E-state index contributed by atoms with van der Waals surface area (Å²) in [6.45, 7) is 1.88. The number of hydrogen-bond donors (Lipinski definition) is 1. The fraction of sp³-hybridized carbons (Fsp3) is 0.200. The number of hydrogen-bond acceptors (Lipinski definition) is 2. The lowest BCUT2D eigenvalue weighted by atomic mass is 10.1. The fourth-order valence-electron chi connectivity index (χ4n) is 1.64. The zero-order valence-electron chi connectivity index (χ0n) is 8.28. The highest BCUT2D eigenvalue weighted by Crippen LogP contribution is 2.27. The third-order valence-electron chi connectivity index (χ3n) is 2.41. The highest BCUT2D eigenvalue weighted by atomic mass is 79.9. The Balaban J connectivity index is 2.95. The monoisotopic (exact) mass is 268 g/mol. The quantitative estimate of drug-likeness (QED) is 0.864. The van der Waals surface area contributed by atoms with Crippen LogP contribution in [0.2, 0.25) is 0 Å². The van der Waals surface area contributed by atoms with Gasteiger partial charge in [0.1, 0.15) is 0 Å². The van der Waals surface area contributed by atoms with E-state index in [1.165, 1.54) is 0 Å². The van der Waals surface area contributed by atoms with Gasteiger partial charge in [0.05, 0.1) is 5.52 Å². The van der Waals surface area contributed by atoms with Gasteiger partial charge in [0, 0.05) is 16.9 Å². The van der Waals surface area contributed by atoms with Gasteiger partial charge in [0.15, 0.2) is 5.69 Å². The van der Waals surface area contributed by atoms with E-state index in [2.05, 4.69) is 21.0 Å². The Morgan fingerprint density at radius 1 is 1.53 bits per heavy atom. The van der Waals surface area contributed by atoms with Gasteiger partial charge in [-0.1, -0.05) is 15.9 Å². The molecular weight excluding hydrogens is 260 g/mol. The Kier molecular flexibility index (Phi) is 2.26. The summed E-state index contributed by atoms with van der Waals surface area (Å²) in [7, 11) is 1.74. The van der Waals surface area contributed by atoms with Crippen molar-refractivity contribution in [3.63, 3.8) is 0 Å². The molecule has 1 N–H and O–H groups in total. The average molecular weight is 269 g/mol. The van der Waals surface area contributed by atoms with Crippen LogP contribution in [-0.4, -0.2) is 20.9 Å². The molecule has 0 atom stereocenters. The Bertz CT molecular complexity index is 560. The van der Waals surface area contributed by atoms with Crippen molar-refractivity contribution in [2.24, 2.45) is 7.05 Å². The molecule has 0 bridgehead atoms. The summed E-state index contributed by atoms with van der Waals surface area (Å²) in [6.07, 6.45) is 0. The number of nitrogens with zero attached hydrogens (tertiary/aromatic N) is 2. The average Bonchev–Trinajstić information content (AvgIpc) is 2.50. The smallest absolute Gasteiger partial charge is 0.357 e. The third-order valence-corrected chi connectivity index (χ3v) is 3.27. The van der Waals surface area contributed by atoms with Crippen molar-refractivity contribution in [3.05, 3.63) is 27.9 Å². The van der Waals surface area contributed by atoms with Gasteiger partial charge in [0.2, 0.25) is 0 Å². The maximum absolute atomic E-state index is 11.0. The lowest BCUT2D eigenvalue weighted by Gasteiger charge is -2.00. The van der Waals surface area contributed by atoms with E-state index in [9.17, 15) is 4.79 Å². The first-order valence-corrected chi connectivity index (χ1v) is 5.16. The molecular formula is C10H9BrN2O2. The summed E-state index contributed by atoms with van der Waals surface area (Å²) >= 11 is 3.38. The van der Waals surface area contributed by atoms with Crippen molar-refractivity contribution >= 4 is 32.8 Å². The SMILES string of the molecule is Cc1c(Br)ccc2c1c(C(=O)O)nn2C. The molecule has 0 unspecified atom stereocenters. The number of rotatable bonds is 1. The molecule has 1 aromatic carbocycles. The van der Waals surface area contributed by atoms with Crippen LogP contribution in [0.25, 0.3) is 10.9 Å². The molecule has 0 saturated heterocycles. The van der Waals surface area contributed by atoms with E-state index < -0.39 is 5.97 Å².